The maximum Gasteiger partial charge on any atom is 0.376 e. The highest BCUT2D eigenvalue weighted by Crippen LogP contribution is 2.31. The summed E-state index contributed by atoms with van der Waals surface area (Å²) in [5.41, 5.74) is 0.357. The Morgan fingerprint density at radius 3 is 2.89 bits per heavy atom. The van der Waals surface area contributed by atoms with Crippen LogP contribution in [0.25, 0.3) is 11.5 Å². The summed E-state index contributed by atoms with van der Waals surface area (Å²) in [7, 11) is 0. The van der Waals surface area contributed by atoms with Crippen LogP contribution in [0.1, 0.15) is 23.2 Å². The summed E-state index contributed by atoms with van der Waals surface area (Å²) in [4.78, 5) is 15.6. The average Bonchev–Trinajstić information content (AvgIpc) is 2.71. The lowest BCUT2D eigenvalue weighted by Crippen LogP contribution is -2.04. The van der Waals surface area contributed by atoms with E-state index in [2.05, 4.69) is 4.98 Å². The van der Waals surface area contributed by atoms with Crippen molar-refractivity contribution in [3.05, 3.63) is 40.5 Å². The summed E-state index contributed by atoms with van der Waals surface area (Å²) >= 11 is 5.91. The molecule has 1 heterocycles. The molecule has 4 nitrogen and oxygen atoms in total. The SMILES string of the molecule is CCOC(=O)c1oc(-c2c(F)cccc2Cl)nc1C. The van der Waals surface area contributed by atoms with E-state index in [0.29, 0.717) is 5.69 Å². The molecule has 19 heavy (non-hydrogen) atoms. The number of esters is 1. The first-order valence-corrected chi connectivity index (χ1v) is 6.01. The quantitative estimate of drug-likeness (QED) is 0.807. The van der Waals surface area contributed by atoms with Crippen molar-refractivity contribution in [2.75, 3.05) is 6.61 Å². The van der Waals surface area contributed by atoms with Crippen molar-refractivity contribution in [3.63, 3.8) is 0 Å². The molecule has 0 spiro atoms. The standard InChI is InChI=1S/C13H11ClFNO3/c1-3-18-13(17)11-7(2)16-12(19-11)10-8(14)5-4-6-9(10)15/h4-6H,3H2,1-2H3. The molecule has 0 amide bonds. The highest BCUT2D eigenvalue weighted by atomic mass is 35.5. The van der Waals surface area contributed by atoms with Crippen molar-refractivity contribution in [2.24, 2.45) is 0 Å². The minimum absolute atomic E-state index is 0.0304. The molecule has 0 fully saturated rings. The van der Waals surface area contributed by atoms with Crippen molar-refractivity contribution in [3.8, 4) is 11.5 Å². The van der Waals surface area contributed by atoms with Crippen LogP contribution in [0.15, 0.2) is 22.6 Å². The lowest BCUT2D eigenvalue weighted by molar-refractivity contribution is 0.0490. The van der Waals surface area contributed by atoms with Crippen LogP contribution in [-0.2, 0) is 4.74 Å². The van der Waals surface area contributed by atoms with E-state index in [1.54, 1.807) is 13.8 Å². The topological polar surface area (TPSA) is 52.3 Å². The van der Waals surface area contributed by atoms with Crippen LogP contribution in [0.2, 0.25) is 5.02 Å². The fourth-order valence-corrected chi connectivity index (χ4v) is 1.84. The molecule has 2 rings (SSSR count). The Hall–Kier alpha value is -1.88. The van der Waals surface area contributed by atoms with Crippen molar-refractivity contribution < 1.29 is 18.3 Å². The summed E-state index contributed by atoms with van der Waals surface area (Å²) in [6.07, 6.45) is 0. The number of carbonyl (C=O) groups is 1. The van der Waals surface area contributed by atoms with Gasteiger partial charge in [-0.25, -0.2) is 14.2 Å². The number of halogens is 2. The zero-order valence-electron chi connectivity index (χ0n) is 10.4. The van der Waals surface area contributed by atoms with Gasteiger partial charge in [0.1, 0.15) is 5.82 Å². The van der Waals surface area contributed by atoms with Gasteiger partial charge in [0.2, 0.25) is 11.7 Å². The number of benzene rings is 1. The Kier molecular flexibility index (Phi) is 3.85. The van der Waals surface area contributed by atoms with Crippen LogP contribution in [0.5, 0.6) is 0 Å². The number of oxazole rings is 1. The molecule has 0 aliphatic heterocycles. The molecule has 0 aliphatic carbocycles. The monoisotopic (exact) mass is 283 g/mol. The van der Waals surface area contributed by atoms with Crippen molar-refractivity contribution >= 4 is 17.6 Å². The summed E-state index contributed by atoms with van der Waals surface area (Å²) in [5.74, 6) is -1.28. The average molecular weight is 284 g/mol. The first-order chi connectivity index (χ1) is 9.04. The van der Waals surface area contributed by atoms with Gasteiger partial charge in [0.25, 0.3) is 0 Å². The molecule has 0 saturated carbocycles. The number of hydrogen-bond acceptors (Lipinski definition) is 4. The summed E-state index contributed by atoms with van der Waals surface area (Å²) in [6, 6.07) is 4.23. The smallest absolute Gasteiger partial charge is 0.376 e. The van der Waals surface area contributed by atoms with Crippen LogP contribution in [0.4, 0.5) is 4.39 Å². The Morgan fingerprint density at radius 2 is 2.26 bits per heavy atom. The highest BCUT2D eigenvalue weighted by Gasteiger charge is 2.22. The molecule has 1 aromatic carbocycles. The Morgan fingerprint density at radius 1 is 1.53 bits per heavy atom. The number of aromatic nitrogens is 1. The first kappa shape index (κ1) is 13.5. The third-order valence-electron chi connectivity index (χ3n) is 2.43. The minimum Gasteiger partial charge on any atom is -0.460 e. The Labute approximate surface area is 114 Å². The number of ether oxygens (including phenoxy) is 1. The van der Waals surface area contributed by atoms with Crippen molar-refractivity contribution in [2.45, 2.75) is 13.8 Å². The van der Waals surface area contributed by atoms with Crippen molar-refractivity contribution in [1.82, 2.24) is 4.98 Å². The normalized spacial score (nSPS) is 10.5. The first-order valence-electron chi connectivity index (χ1n) is 5.63. The second kappa shape index (κ2) is 5.40. The lowest BCUT2D eigenvalue weighted by Gasteiger charge is -2.00. The number of carbonyl (C=O) groups excluding carboxylic acids is 1. The van der Waals surface area contributed by atoms with Gasteiger partial charge < -0.3 is 9.15 Å². The lowest BCUT2D eigenvalue weighted by atomic mass is 10.2. The zero-order chi connectivity index (χ0) is 14.0. The summed E-state index contributed by atoms with van der Waals surface area (Å²) in [6.45, 7) is 3.47. The van der Waals surface area contributed by atoms with Gasteiger partial charge >= 0.3 is 5.97 Å². The zero-order valence-corrected chi connectivity index (χ0v) is 11.1. The van der Waals surface area contributed by atoms with Gasteiger partial charge in [-0.15, -0.1) is 0 Å². The fraction of sp³-hybridized carbons (Fsp3) is 0.231. The largest absolute Gasteiger partial charge is 0.460 e. The molecule has 100 valence electrons. The molecule has 0 bridgehead atoms. The molecule has 0 atom stereocenters. The maximum absolute atomic E-state index is 13.7. The van der Waals surface area contributed by atoms with Crippen LogP contribution < -0.4 is 0 Å². The predicted molar refractivity (Wildman–Crippen MR) is 67.6 cm³/mol. The number of hydrogen-bond donors (Lipinski definition) is 0. The van der Waals surface area contributed by atoms with Crippen LogP contribution in [0.3, 0.4) is 0 Å². The predicted octanol–water partition coefficient (Wildman–Crippen LogP) is 3.62. The minimum atomic E-state index is -0.633. The van der Waals surface area contributed by atoms with Gasteiger partial charge in [0.05, 0.1) is 22.9 Å². The fourth-order valence-electron chi connectivity index (χ4n) is 1.59. The van der Waals surface area contributed by atoms with Gasteiger partial charge in [0.15, 0.2) is 0 Å². The molecule has 0 saturated heterocycles. The number of nitrogens with zero attached hydrogens (tertiary/aromatic N) is 1. The molecule has 0 radical (unpaired) electrons. The van der Waals surface area contributed by atoms with E-state index in [4.69, 9.17) is 20.8 Å². The second-order valence-electron chi connectivity index (χ2n) is 3.75. The van der Waals surface area contributed by atoms with E-state index in [0.717, 1.165) is 0 Å². The van der Waals surface area contributed by atoms with Gasteiger partial charge in [-0.05, 0) is 26.0 Å². The number of rotatable bonds is 3. The van der Waals surface area contributed by atoms with E-state index in [9.17, 15) is 9.18 Å². The van der Waals surface area contributed by atoms with Crippen LogP contribution >= 0.6 is 11.6 Å². The van der Waals surface area contributed by atoms with Crippen molar-refractivity contribution in [1.29, 1.82) is 0 Å². The summed E-state index contributed by atoms with van der Waals surface area (Å²) in [5, 5.41) is 0.164. The van der Waals surface area contributed by atoms with Gasteiger partial charge in [0, 0.05) is 0 Å². The Bertz CT molecular complexity index is 604. The van der Waals surface area contributed by atoms with E-state index < -0.39 is 11.8 Å². The van der Waals surface area contributed by atoms with E-state index in [1.165, 1.54) is 18.2 Å². The van der Waals surface area contributed by atoms with E-state index >= 15 is 0 Å². The highest BCUT2D eigenvalue weighted by molar-refractivity contribution is 6.33. The van der Waals surface area contributed by atoms with E-state index in [-0.39, 0.29) is 28.8 Å². The van der Waals surface area contributed by atoms with E-state index in [1.807, 2.05) is 0 Å². The Balaban J connectivity index is 2.48. The molecule has 0 aliphatic rings. The molecule has 0 unspecified atom stereocenters. The van der Waals surface area contributed by atoms with Gasteiger partial charge in [-0.3, -0.25) is 0 Å². The molecule has 1 aromatic heterocycles. The van der Waals surface area contributed by atoms with Gasteiger partial charge in [-0.2, -0.15) is 0 Å². The second-order valence-corrected chi connectivity index (χ2v) is 4.16. The molecular formula is C13H11ClFNO3. The molecular weight excluding hydrogens is 273 g/mol. The third-order valence-corrected chi connectivity index (χ3v) is 2.75. The number of aryl methyl sites for hydroxylation is 1. The molecule has 6 heteroatoms. The molecule has 0 N–H and O–H groups in total. The summed E-state index contributed by atoms with van der Waals surface area (Å²) < 4.78 is 23.8. The third kappa shape index (κ3) is 2.61. The van der Waals surface area contributed by atoms with Gasteiger partial charge in [-0.1, -0.05) is 17.7 Å². The maximum atomic E-state index is 13.7. The van der Waals surface area contributed by atoms with Crippen LogP contribution in [-0.4, -0.2) is 17.6 Å². The molecule has 2 aromatic rings. The van der Waals surface area contributed by atoms with Crippen LogP contribution in [0, 0.1) is 12.7 Å².